The van der Waals surface area contributed by atoms with E-state index < -0.39 is 19.3 Å². The molecular weight excluding hydrogens is 323 g/mol. The molecule has 24 heavy (non-hydrogen) atoms. The molecule has 2 aromatic carbocycles. The first-order valence-corrected chi connectivity index (χ1v) is 10.0. The standard InChI is InChI=1S/C19H23O4P/c1-15(19(20)21)12-18(17-10-6-3-7-11-17)14-24(22,23)13-16-8-4-2-5-9-16/h2-11,15,18H,12-14H2,1H3,(H,20,21)(H,22,23). The molecule has 128 valence electrons. The van der Waals surface area contributed by atoms with Crippen molar-refractivity contribution in [3.63, 3.8) is 0 Å². The summed E-state index contributed by atoms with van der Waals surface area (Å²) < 4.78 is 12.7. The molecule has 0 bridgehead atoms. The third-order valence-electron chi connectivity index (χ3n) is 4.11. The van der Waals surface area contributed by atoms with Crippen LogP contribution in [0.15, 0.2) is 60.7 Å². The average molecular weight is 346 g/mol. The first kappa shape index (κ1) is 18.4. The van der Waals surface area contributed by atoms with Gasteiger partial charge in [0.1, 0.15) is 0 Å². The van der Waals surface area contributed by atoms with Gasteiger partial charge in [0.15, 0.2) is 0 Å². The molecule has 0 heterocycles. The molecule has 2 aromatic rings. The largest absolute Gasteiger partial charge is 0.481 e. The Balaban J connectivity index is 2.17. The Bertz CT molecular complexity index is 700. The lowest BCUT2D eigenvalue weighted by atomic mass is 9.91. The van der Waals surface area contributed by atoms with Crippen molar-refractivity contribution >= 4 is 13.3 Å². The number of hydrogen-bond acceptors (Lipinski definition) is 2. The second-order valence-corrected chi connectivity index (χ2v) is 8.63. The van der Waals surface area contributed by atoms with Gasteiger partial charge < -0.3 is 10.00 Å². The lowest BCUT2D eigenvalue weighted by Crippen LogP contribution is -2.16. The fourth-order valence-corrected chi connectivity index (χ4v) is 4.81. The minimum absolute atomic E-state index is 0.0868. The van der Waals surface area contributed by atoms with Crippen molar-refractivity contribution < 1.29 is 19.4 Å². The molecule has 4 nitrogen and oxygen atoms in total. The Kier molecular flexibility index (Phi) is 6.36. The number of carboxylic acid groups (broad SMARTS) is 1. The summed E-state index contributed by atoms with van der Waals surface area (Å²) >= 11 is 0. The molecule has 2 N–H and O–H groups in total. The van der Waals surface area contributed by atoms with Gasteiger partial charge in [0.05, 0.1) is 5.92 Å². The summed E-state index contributed by atoms with van der Waals surface area (Å²) in [5.41, 5.74) is 1.73. The molecule has 0 fully saturated rings. The predicted molar refractivity (Wildman–Crippen MR) is 95.4 cm³/mol. The molecule has 0 radical (unpaired) electrons. The minimum atomic E-state index is -3.42. The number of hydrogen-bond donors (Lipinski definition) is 2. The molecule has 3 unspecified atom stereocenters. The van der Waals surface area contributed by atoms with Crippen molar-refractivity contribution in [1.29, 1.82) is 0 Å². The van der Waals surface area contributed by atoms with Crippen LogP contribution in [0.4, 0.5) is 0 Å². The topological polar surface area (TPSA) is 74.6 Å². The molecule has 0 saturated heterocycles. The van der Waals surface area contributed by atoms with E-state index in [0.717, 1.165) is 11.1 Å². The van der Waals surface area contributed by atoms with Crippen LogP contribution in [-0.4, -0.2) is 22.1 Å². The Morgan fingerprint density at radius 3 is 2.12 bits per heavy atom. The highest BCUT2D eigenvalue weighted by atomic mass is 31.2. The molecule has 0 aromatic heterocycles. The Morgan fingerprint density at radius 2 is 1.58 bits per heavy atom. The lowest BCUT2D eigenvalue weighted by Gasteiger charge is -2.23. The number of benzene rings is 2. The van der Waals surface area contributed by atoms with Gasteiger partial charge in [-0.1, -0.05) is 67.6 Å². The van der Waals surface area contributed by atoms with Crippen LogP contribution in [0.1, 0.15) is 30.4 Å². The van der Waals surface area contributed by atoms with Gasteiger partial charge >= 0.3 is 5.97 Å². The maximum Gasteiger partial charge on any atom is 0.306 e. The molecule has 3 atom stereocenters. The summed E-state index contributed by atoms with van der Waals surface area (Å²) in [6, 6.07) is 18.6. The Morgan fingerprint density at radius 1 is 1.04 bits per heavy atom. The van der Waals surface area contributed by atoms with Gasteiger partial charge in [0, 0.05) is 12.3 Å². The lowest BCUT2D eigenvalue weighted by molar-refractivity contribution is -0.141. The zero-order valence-corrected chi connectivity index (χ0v) is 14.6. The number of rotatable bonds is 8. The zero-order valence-electron chi connectivity index (χ0n) is 13.7. The normalized spacial score (nSPS) is 16.1. The van der Waals surface area contributed by atoms with Gasteiger partial charge in [-0.15, -0.1) is 0 Å². The van der Waals surface area contributed by atoms with Crippen LogP contribution in [0.2, 0.25) is 0 Å². The number of carbonyl (C=O) groups is 1. The maximum absolute atomic E-state index is 12.7. The summed E-state index contributed by atoms with van der Waals surface area (Å²) in [5.74, 6) is -1.70. The second kappa shape index (κ2) is 8.27. The van der Waals surface area contributed by atoms with Crippen LogP contribution < -0.4 is 0 Å². The highest BCUT2D eigenvalue weighted by Crippen LogP contribution is 2.49. The summed E-state index contributed by atoms with van der Waals surface area (Å²) in [4.78, 5) is 21.7. The average Bonchev–Trinajstić information content (AvgIpc) is 2.55. The quantitative estimate of drug-likeness (QED) is 0.697. The van der Waals surface area contributed by atoms with Crippen molar-refractivity contribution in [2.75, 3.05) is 6.16 Å². The van der Waals surface area contributed by atoms with Gasteiger partial charge in [-0.2, -0.15) is 0 Å². The third kappa shape index (κ3) is 5.63. The number of aliphatic carboxylic acids is 1. The summed E-state index contributed by atoms with van der Waals surface area (Å²) in [6.45, 7) is 1.64. The molecule has 0 aliphatic heterocycles. The van der Waals surface area contributed by atoms with E-state index in [1.54, 1.807) is 6.92 Å². The second-order valence-electron chi connectivity index (χ2n) is 6.26. The van der Waals surface area contributed by atoms with Crippen LogP contribution in [-0.2, 0) is 15.5 Å². The van der Waals surface area contributed by atoms with Crippen molar-refractivity contribution in [2.24, 2.45) is 5.92 Å². The molecule has 0 aliphatic carbocycles. The monoisotopic (exact) mass is 346 g/mol. The SMILES string of the molecule is CC(CC(CP(=O)(O)Cc1ccccc1)c1ccccc1)C(=O)O. The fraction of sp³-hybridized carbons (Fsp3) is 0.316. The van der Waals surface area contributed by atoms with Crippen molar-refractivity contribution in [3.8, 4) is 0 Å². The Labute approximate surface area is 142 Å². The van der Waals surface area contributed by atoms with Crippen LogP contribution >= 0.6 is 7.37 Å². The third-order valence-corrected chi connectivity index (χ3v) is 5.98. The highest BCUT2D eigenvalue weighted by molar-refractivity contribution is 7.57. The van der Waals surface area contributed by atoms with Crippen molar-refractivity contribution in [1.82, 2.24) is 0 Å². The van der Waals surface area contributed by atoms with E-state index in [0.29, 0.717) is 6.42 Å². The Hall–Kier alpha value is -1.90. The van der Waals surface area contributed by atoms with E-state index in [-0.39, 0.29) is 18.2 Å². The van der Waals surface area contributed by atoms with Gasteiger partial charge in [0.25, 0.3) is 0 Å². The predicted octanol–water partition coefficient (Wildman–Crippen LogP) is 4.35. The van der Waals surface area contributed by atoms with Gasteiger partial charge in [-0.05, 0) is 23.5 Å². The van der Waals surface area contributed by atoms with Gasteiger partial charge in [0.2, 0.25) is 7.37 Å². The molecule has 2 rings (SSSR count). The summed E-state index contributed by atoms with van der Waals surface area (Å²) in [6.07, 6.45) is 0.542. The van der Waals surface area contributed by atoms with Crippen LogP contribution in [0.3, 0.4) is 0 Å². The smallest absolute Gasteiger partial charge is 0.306 e. The minimum Gasteiger partial charge on any atom is -0.481 e. The fourth-order valence-electron chi connectivity index (χ4n) is 2.85. The highest BCUT2D eigenvalue weighted by Gasteiger charge is 2.28. The van der Waals surface area contributed by atoms with Gasteiger partial charge in [-0.3, -0.25) is 9.36 Å². The molecule has 5 heteroatoms. The molecular formula is C19H23O4P. The first-order valence-electron chi connectivity index (χ1n) is 8.00. The maximum atomic E-state index is 12.7. The van der Waals surface area contributed by atoms with E-state index in [1.165, 1.54) is 0 Å². The molecule has 0 aliphatic rings. The summed E-state index contributed by atoms with van der Waals surface area (Å²) in [7, 11) is -3.42. The molecule has 0 spiro atoms. The van der Waals surface area contributed by atoms with Crippen LogP contribution in [0, 0.1) is 5.92 Å². The molecule has 0 saturated carbocycles. The van der Waals surface area contributed by atoms with Crippen LogP contribution in [0.5, 0.6) is 0 Å². The van der Waals surface area contributed by atoms with E-state index in [4.69, 9.17) is 0 Å². The van der Waals surface area contributed by atoms with E-state index in [9.17, 15) is 19.4 Å². The number of carboxylic acids is 1. The van der Waals surface area contributed by atoms with Gasteiger partial charge in [-0.25, -0.2) is 0 Å². The summed E-state index contributed by atoms with van der Waals surface area (Å²) in [5, 5.41) is 9.18. The molecule has 0 amide bonds. The van der Waals surface area contributed by atoms with Crippen molar-refractivity contribution in [3.05, 3.63) is 71.8 Å². The van der Waals surface area contributed by atoms with Crippen LogP contribution in [0.25, 0.3) is 0 Å². The zero-order chi connectivity index (χ0) is 17.6. The first-order chi connectivity index (χ1) is 11.4. The van der Waals surface area contributed by atoms with E-state index >= 15 is 0 Å². The van der Waals surface area contributed by atoms with E-state index in [1.807, 2.05) is 60.7 Å². The van der Waals surface area contributed by atoms with E-state index in [2.05, 4.69) is 0 Å². The van der Waals surface area contributed by atoms with Crippen molar-refractivity contribution in [2.45, 2.75) is 25.4 Å².